The third kappa shape index (κ3) is 7.15. The Morgan fingerprint density at radius 2 is 1.00 bits per heavy atom. The minimum absolute atomic E-state index is 1.15. The highest BCUT2D eigenvalue weighted by atomic mass is 14.9. The number of hydrogen-bond acceptors (Lipinski definition) is 0. The van der Waals surface area contributed by atoms with Gasteiger partial charge in [-0.2, -0.15) is 0 Å². The summed E-state index contributed by atoms with van der Waals surface area (Å²) < 4.78 is 4.80. The van der Waals surface area contributed by atoms with Crippen molar-refractivity contribution in [1.29, 1.82) is 0 Å². The van der Waals surface area contributed by atoms with Crippen LogP contribution in [-0.4, -0.2) is 0 Å². The van der Waals surface area contributed by atoms with Crippen molar-refractivity contribution in [3.05, 3.63) is 83.5 Å². The maximum Gasteiger partial charge on any atom is 0.172 e. The smallest absolute Gasteiger partial charge is 0.172 e. The van der Waals surface area contributed by atoms with E-state index in [0.717, 1.165) is 13.1 Å². The third-order valence-corrected chi connectivity index (χ3v) is 7.14. The van der Waals surface area contributed by atoms with Crippen LogP contribution in [0, 0.1) is 0 Å². The van der Waals surface area contributed by atoms with Crippen molar-refractivity contribution in [2.24, 2.45) is 0 Å². The Bertz CT molecular complexity index is 834. The number of hydrogen-bond donors (Lipinski definition) is 0. The van der Waals surface area contributed by atoms with Crippen molar-refractivity contribution in [2.75, 3.05) is 0 Å². The number of pyridine rings is 2. The normalized spacial score (nSPS) is 15.9. The standard InChI is InChI=1S/C30H42N2/c1(3-5-7-13-21-31-23-19-27-15-9-11-17-29(27)25-31)2-4-6-8-14-22-32-24-20-28-16-10-12-18-30(28)26-32/h1-4,19-20,23-26H,5-18,21-22H2/q+2/b3-1-,4-2-. The van der Waals surface area contributed by atoms with Crippen molar-refractivity contribution in [2.45, 2.75) is 103 Å². The summed E-state index contributed by atoms with van der Waals surface area (Å²) >= 11 is 0. The van der Waals surface area contributed by atoms with Crippen LogP contribution in [-0.2, 0) is 38.8 Å². The molecule has 2 heteroatoms. The van der Waals surface area contributed by atoms with Gasteiger partial charge in [0, 0.05) is 36.1 Å². The first-order valence-electron chi connectivity index (χ1n) is 13.2. The van der Waals surface area contributed by atoms with Gasteiger partial charge in [-0.15, -0.1) is 0 Å². The summed E-state index contributed by atoms with van der Waals surface area (Å²) in [5, 5.41) is 0. The van der Waals surface area contributed by atoms with Crippen LogP contribution in [0.4, 0.5) is 0 Å². The first-order valence-corrected chi connectivity index (χ1v) is 13.2. The number of nitrogens with zero attached hydrogens (tertiary/aromatic N) is 2. The van der Waals surface area contributed by atoms with Crippen LogP contribution >= 0.6 is 0 Å². The molecule has 170 valence electrons. The SMILES string of the molecule is C(/C=C\CCCC[n+]1ccc2c(c1)CCCC2)=C/CCCC[n+]1ccc2c(c1)CCCC2. The molecule has 4 rings (SSSR count). The van der Waals surface area contributed by atoms with Crippen LogP contribution < -0.4 is 9.13 Å². The molecule has 0 amide bonds. The van der Waals surface area contributed by atoms with Crippen LogP contribution in [0.1, 0.15) is 86.5 Å². The first kappa shape index (κ1) is 23.0. The highest BCUT2D eigenvalue weighted by Crippen LogP contribution is 2.19. The van der Waals surface area contributed by atoms with Gasteiger partial charge in [-0.05, 0) is 88.2 Å². The summed E-state index contributed by atoms with van der Waals surface area (Å²) in [5.41, 5.74) is 6.34. The maximum atomic E-state index is 2.40. The summed E-state index contributed by atoms with van der Waals surface area (Å²) in [6, 6.07) is 4.70. The zero-order valence-corrected chi connectivity index (χ0v) is 20.0. The molecule has 2 aromatic heterocycles. The van der Waals surface area contributed by atoms with Gasteiger partial charge >= 0.3 is 0 Å². The van der Waals surface area contributed by atoms with Crippen molar-refractivity contribution < 1.29 is 9.13 Å². The van der Waals surface area contributed by atoms with E-state index in [1.165, 1.54) is 89.9 Å². The Kier molecular flexibility index (Phi) is 9.13. The fourth-order valence-electron chi connectivity index (χ4n) is 5.18. The van der Waals surface area contributed by atoms with Gasteiger partial charge in [-0.25, -0.2) is 9.13 Å². The molecular formula is C30H42N2+2. The Hall–Kier alpha value is -2.22. The fourth-order valence-corrected chi connectivity index (χ4v) is 5.18. The van der Waals surface area contributed by atoms with Gasteiger partial charge < -0.3 is 0 Å². The highest BCUT2D eigenvalue weighted by Gasteiger charge is 2.14. The van der Waals surface area contributed by atoms with Gasteiger partial charge in [0.05, 0.1) is 0 Å². The van der Waals surface area contributed by atoms with Crippen LogP contribution in [0.15, 0.2) is 61.2 Å². The molecule has 0 bridgehead atoms. The summed E-state index contributed by atoms with van der Waals surface area (Å²) in [7, 11) is 0. The second-order valence-corrected chi connectivity index (χ2v) is 9.73. The van der Waals surface area contributed by atoms with Crippen molar-refractivity contribution in [3.8, 4) is 0 Å². The van der Waals surface area contributed by atoms with E-state index < -0.39 is 0 Å². The van der Waals surface area contributed by atoms with Crippen LogP contribution in [0.3, 0.4) is 0 Å². The number of unbranched alkanes of at least 4 members (excludes halogenated alkanes) is 4. The molecule has 2 aromatic rings. The molecule has 0 spiro atoms. The lowest BCUT2D eigenvalue weighted by atomic mass is 9.93. The van der Waals surface area contributed by atoms with Crippen molar-refractivity contribution in [1.82, 2.24) is 0 Å². The molecule has 0 aromatic carbocycles. The van der Waals surface area contributed by atoms with E-state index in [2.05, 4.69) is 70.4 Å². The molecule has 0 radical (unpaired) electrons. The van der Waals surface area contributed by atoms with E-state index in [0.29, 0.717) is 0 Å². The first-order chi connectivity index (χ1) is 15.9. The van der Waals surface area contributed by atoms with Crippen molar-refractivity contribution in [3.63, 3.8) is 0 Å². The van der Waals surface area contributed by atoms with Gasteiger partial charge in [-0.1, -0.05) is 24.3 Å². The average Bonchev–Trinajstić information content (AvgIpc) is 2.84. The molecule has 0 unspecified atom stereocenters. The second-order valence-electron chi connectivity index (χ2n) is 9.73. The number of aromatic nitrogens is 2. The Balaban J connectivity index is 1.03. The minimum atomic E-state index is 1.15. The van der Waals surface area contributed by atoms with Gasteiger partial charge in [-0.3, -0.25) is 0 Å². The number of aryl methyl sites for hydroxylation is 6. The lowest BCUT2D eigenvalue weighted by Gasteiger charge is -2.13. The van der Waals surface area contributed by atoms with E-state index in [1.807, 2.05) is 0 Å². The molecule has 0 atom stereocenters. The molecule has 0 N–H and O–H groups in total. The summed E-state index contributed by atoms with van der Waals surface area (Å²) in [6.07, 6.45) is 36.5. The summed E-state index contributed by atoms with van der Waals surface area (Å²) in [5.74, 6) is 0. The van der Waals surface area contributed by atoms with E-state index in [9.17, 15) is 0 Å². The van der Waals surface area contributed by atoms with E-state index in [-0.39, 0.29) is 0 Å². The molecule has 0 fully saturated rings. The molecule has 2 nitrogen and oxygen atoms in total. The average molecular weight is 431 g/mol. The predicted molar refractivity (Wildman–Crippen MR) is 133 cm³/mol. The minimum Gasteiger partial charge on any atom is -0.205 e. The highest BCUT2D eigenvalue weighted by molar-refractivity contribution is 5.24. The van der Waals surface area contributed by atoms with Gasteiger partial charge in [0.15, 0.2) is 24.8 Å². The molecule has 0 saturated carbocycles. The fraction of sp³-hybridized carbons (Fsp3) is 0.533. The van der Waals surface area contributed by atoms with Crippen LogP contribution in [0.5, 0.6) is 0 Å². The van der Waals surface area contributed by atoms with Gasteiger partial charge in [0.1, 0.15) is 13.1 Å². The Labute approximate surface area is 195 Å². The molecule has 0 aliphatic heterocycles. The number of fused-ring (bicyclic) bond motifs is 2. The lowest BCUT2D eigenvalue weighted by Crippen LogP contribution is -2.34. The van der Waals surface area contributed by atoms with E-state index >= 15 is 0 Å². The number of rotatable bonds is 11. The van der Waals surface area contributed by atoms with Crippen LogP contribution in [0.2, 0.25) is 0 Å². The Morgan fingerprint density at radius 1 is 0.562 bits per heavy atom. The molecule has 2 aliphatic carbocycles. The molecule has 32 heavy (non-hydrogen) atoms. The second kappa shape index (κ2) is 12.7. The van der Waals surface area contributed by atoms with Gasteiger partial charge in [0.25, 0.3) is 0 Å². The Morgan fingerprint density at radius 3 is 1.47 bits per heavy atom. The maximum absolute atomic E-state index is 2.40. The summed E-state index contributed by atoms with van der Waals surface area (Å²) in [4.78, 5) is 0. The van der Waals surface area contributed by atoms with Crippen molar-refractivity contribution >= 4 is 0 Å². The molecule has 2 heterocycles. The van der Waals surface area contributed by atoms with E-state index in [4.69, 9.17) is 0 Å². The molecule has 2 aliphatic rings. The number of allylic oxidation sites excluding steroid dienone is 4. The topological polar surface area (TPSA) is 7.76 Å². The van der Waals surface area contributed by atoms with Crippen LogP contribution in [0.25, 0.3) is 0 Å². The van der Waals surface area contributed by atoms with E-state index in [1.54, 1.807) is 22.3 Å². The summed E-state index contributed by atoms with van der Waals surface area (Å²) in [6.45, 7) is 2.30. The molecule has 0 saturated heterocycles. The van der Waals surface area contributed by atoms with Gasteiger partial charge in [0.2, 0.25) is 0 Å². The predicted octanol–water partition coefficient (Wildman–Crippen LogP) is 6.17. The third-order valence-electron chi connectivity index (χ3n) is 7.14. The lowest BCUT2D eigenvalue weighted by molar-refractivity contribution is -0.698. The zero-order valence-electron chi connectivity index (χ0n) is 20.0. The quantitative estimate of drug-likeness (QED) is 0.229. The monoisotopic (exact) mass is 430 g/mol. The zero-order chi connectivity index (χ0) is 21.8. The molecular weight excluding hydrogens is 388 g/mol. The largest absolute Gasteiger partial charge is 0.205 e.